The fourth-order valence-corrected chi connectivity index (χ4v) is 2.19. The molecular formula is C15H14FN3O. The number of fused-ring (bicyclic) bond motifs is 1. The zero-order valence-electron chi connectivity index (χ0n) is 10.8. The quantitative estimate of drug-likeness (QED) is 0.766. The number of anilines is 1. The third-order valence-corrected chi connectivity index (χ3v) is 3.07. The van der Waals surface area contributed by atoms with E-state index in [1.54, 1.807) is 18.2 Å². The molecule has 2 aromatic heterocycles. The Hall–Kier alpha value is -2.56. The molecule has 0 amide bonds. The number of pyridine rings is 1. The van der Waals surface area contributed by atoms with Crippen molar-refractivity contribution >= 4 is 11.3 Å². The van der Waals surface area contributed by atoms with Crippen LogP contribution in [0.1, 0.15) is 0 Å². The van der Waals surface area contributed by atoms with Gasteiger partial charge in [-0.25, -0.2) is 9.37 Å². The van der Waals surface area contributed by atoms with E-state index in [1.165, 1.54) is 0 Å². The van der Waals surface area contributed by atoms with Gasteiger partial charge in [0.25, 0.3) is 0 Å². The van der Waals surface area contributed by atoms with E-state index in [-0.39, 0.29) is 12.3 Å². The second kappa shape index (κ2) is 5.21. The van der Waals surface area contributed by atoms with Gasteiger partial charge in [0.1, 0.15) is 18.1 Å². The van der Waals surface area contributed by atoms with Gasteiger partial charge in [0.15, 0.2) is 0 Å². The smallest absolute Gasteiger partial charge is 0.137 e. The summed E-state index contributed by atoms with van der Waals surface area (Å²) >= 11 is 0. The highest BCUT2D eigenvalue weighted by Crippen LogP contribution is 2.35. The van der Waals surface area contributed by atoms with Crippen molar-refractivity contribution in [2.24, 2.45) is 0 Å². The van der Waals surface area contributed by atoms with E-state index in [0.717, 1.165) is 5.65 Å². The van der Waals surface area contributed by atoms with Crippen LogP contribution in [-0.4, -0.2) is 27.7 Å². The predicted octanol–water partition coefficient (Wildman–Crippen LogP) is 3.09. The van der Waals surface area contributed by atoms with E-state index in [9.17, 15) is 9.50 Å². The Balaban J connectivity index is 2.12. The molecule has 3 aromatic rings. The Kier molecular flexibility index (Phi) is 3.25. The molecule has 5 heteroatoms. The third-order valence-electron chi connectivity index (χ3n) is 3.07. The molecule has 0 fully saturated rings. The largest absolute Gasteiger partial charge is 0.507 e. The molecule has 0 saturated heterocycles. The second-order valence-corrected chi connectivity index (χ2v) is 4.41. The summed E-state index contributed by atoms with van der Waals surface area (Å²) in [4.78, 5) is 4.48. The lowest BCUT2D eigenvalue weighted by Gasteiger charge is -2.10. The summed E-state index contributed by atoms with van der Waals surface area (Å²) in [7, 11) is 0. The number of hydrogen-bond acceptors (Lipinski definition) is 3. The van der Waals surface area contributed by atoms with Crippen molar-refractivity contribution in [1.82, 2.24) is 9.38 Å². The van der Waals surface area contributed by atoms with Gasteiger partial charge in [0.05, 0.1) is 11.3 Å². The zero-order chi connectivity index (χ0) is 13.9. The van der Waals surface area contributed by atoms with Crippen molar-refractivity contribution in [3.63, 3.8) is 0 Å². The first-order chi connectivity index (χ1) is 9.79. The number of aromatic nitrogens is 2. The molecule has 0 radical (unpaired) electrons. The number of phenolic OH excluding ortho intramolecular Hbond substituents is 1. The maximum absolute atomic E-state index is 12.3. The Morgan fingerprint density at radius 3 is 2.90 bits per heavy atom. The van der Waals surface area contributed by atoms with Crippen LogP contribution in [0.3, 0.4) is 0 Å². The van der Waals surface area contributed by atoms with Crippen LogP contribution in [0.5, 0.6) is 5.75 Å². The molecular weight excluding hydrogens is 257 g/mol. The summed E-state index contributed by atoms with van der Waals surface area (Å²) < 4.78 is 14.2. The number of phenols is 1. The minimum atomic E-state index is -0.472. The fraction of sp³-hybridized carbons (Fsp3) is 0.133. The first-order valence-electron chi connectivity index (χ1n) is 6.35. The molecule has 0 aliphatic carbocycles. The number of alkyl halides is 1. The number of hydrogen-bond donors (Lipinski definition) is 2. The Morgan fingerprint density at radius 2 is 2.10 bits per heavy atom. The predicted molar refractivity (Wildman–Crippen MR) is 76.8 cm³/mol. The molecule has 0 atom stereocenters. The van der Waals surface area contributed by atoms with Gasteiger partial charge in [-0.3, -0.25) is 0 Å². The Morgan fingerprint density at radius 1 is 1.20 bits per heavy atom. The molecule has 20 heavy (non-hydrogen) atoms. The van der Waals surface area contributed by atoms with Crippen LogP contribution in [0.15, 0.2) is 48.8 Å². The van der Waals surface area contributed by atoms with Crippen LogP contribution < -0.4 is 5.32 Å². The van der Waals surface area contributed by atoms with Crippen LogP contribution in [0.25, 0.3) is 16.9 Å². The van der Waals surface area contributed by atoms with Crippen molar-refractivity contribution in [2.45, 2.75) is 0 Å². The van der Waals surface area contributed by atoms with E-state index in [4.69, 9.17) is 0 Å². The van der Waals surface area contributed by atoms with Crippen molar-refractivity contribution in [2.75, 3.05) is 18.5 Å². The minimum Gasteiger partial charge on any atom is -0.507 e. The number of rotatable bonds is 4. The molecule has 4 nitrogen and oxygen atoms in total. The molecule has 0 unspecified atom stereocenters. The molecule has 0 aliphatic heterocycles. The highest BCUT2D eigenvalue weighted by atomic mass is 19.1. The topological polar surface area (TPSA) is 49.6 Å². The monoisotopic (exact) mass is 271 g/mol. The van der Waals surface area contributed by atoms with E-state index in [2.05, 4.69) is 10.3 Å². The van der Waals surface area contributed by atoms with Crippen LogP contribution in [0.2, 0.25) is 0 Å². The lowest BCUT2D eigenvalue weighted by molar-refractivity contribution is 0.477. The summed E-state index contributed by atoms with van der Waals surface area (Å²) in [6, 6.07) is 10.8. The summed E-state index contributed by atoms with van der Waals surface area (Å²) in [6.45, 7) is -0.274. The SMILES string of the molecule is Oc1cccc(NCCF)c1-c1cn2ccccc2n1. The van der Waals surface area contributed by atoms with Crippen LogP contribution in [0.4, 0.5) is 10.1 Å². The molecule has 1 aromatic carbocycles. The average molecular weight is 271 g/mol. The van der Waals surface area contributed by atoms with Gasteiger partial charge < -0.3 is 14.8 Å². The maximum Gasteiger partial charge on any atom is 0.137 e. The van der Waals surface area contributed by atoms with Gasteiger partial charge in [-0.1, -0.05) is 12.1 Å². The zero-order valence-corrected chi connectivity index (χ0v) is 10.8. The first kappa shape index (κ1) is 12.5. The van der Waals surface area contributed by atoms with Crippen molar-refractivity contribution < 1.29 is 9.50 Å². The van der Waals surface area contributed by atoms with Gasteiger partial charge in [-0.2, -0.15) is 0 Å². The number of aromatic hydroxyl groups is 1. The lowest BCUT2D eigenvalue weighted by Crippen LogP contribution is -2.04. The normalized spacial score (nSPS) is 10.8. The highest BCUT2D eigenvalue weighted by molar-refractivity contribution is 5.81. The fourth-order valence-electron chi connectivity index (χ4n) is 2.19. The van der Waals surface area contributed by atoms with E-state index >= 15 is 0 Å². The van der Waals surface area contributed by atoms with Gasteiger partial charge in [0, 0.05) is 24.6 Å². The summed E-state index contributed by atoms with van der Waals surface area (Å²) in [5.41, 5.74) is 2.70. The number of benzene rings is 1. The standard InChI is InChI=1S/C15H14FN3O/c16-7-8-17-11-4-3-5-13(20)15(11)12-10-19-9-2-1-6-14(19)18-12/h1-6,9-10,17,20H,7-8H2. The number of halogens is 1. The van der Waals surface area contributed by atoms with Gasteiger partial charge in [0.2, 0.25) is 0 Å². The summed E-state index contributed by atoms with van der Waals surface area (Å²) in [5, 5.41) is 13.0. The van der Waals surface area contributed by atoms with Crippen molar-refractivity contribution in [1.29, 1.82) is 0 Å². The molecule has 0 bridgehead atoms. The molecule has 0 saturated carbocycles. The molecule has 2 heterocycles. The maximum atomic E-state index is 12.3. The highest BCUT2D eigenvalue weighted by Gasteiger charge is 2.13. The first-order valence-corrected chi connectivity index (χ1v) is 6.35. The van der Waals surface area contributed by atoms with Gasteiger partial charge >= 0.3 is 0 Å². The van der Waals surface area contributed by atoms with Crippen LogP contribution >= 0.6 is 0 Å². The van der Waals surface area contributed by atoms with E-state index in [0.29, 0.717) is 16.9 Å². The minimum absolute atomic E-state index is 0.122. The number of imidazole rings is 1. The number of nitrogens with zero attached hydrogens (tertiary/aromatic N) is 2. The van der Waals surface area contributed by atoms with Crippen LogP contribution in [-0.2, 0) is 0 Å². The second-order valence-electron chi connectivity index (χ2n) is 4.41. The van der Waals surface area contributed by atoms with Crippen molar-refractivity contribution in [3.8, 4) is 17.0 Å². The van der Waals surface area contributed by atoms with E-state index in [1.807, 2.05) is 35.0 Å². The average Bonchev–Trinajstić information content (AvgIpc) is 2.88. The Labute approximate surface area is 115 Å². The molecule has 0 aliphatic rings. The van der Waals surface area contributed by atoms with E-state index < -0.39 is 6.67 Å². The molecule has 2 N–H and O–H groups in total. The van der Waals surface area contributed by atoms with Crippen LogP contribution in [0, 0.1) is 0 Å². The molecule has 102 valence electrons. The number of nitrogens with one attached hydrogen (secondary N) is 1. The Bertz CT molecular complexity index is 706. The summed E-state index contributed by atoms with van der Waals surface area (Å²) in [6.07, 6.45) is 3.73. The van der Waals surface area contributed by atoms with Gasteiger partial charge in [-0.05, 0) is 24.3 Å². The molecule has 3 rings (SSSR count). The van der Waals surface area contributed by atoms with Crippen molar-refractivity contribution in [3.05, 3.63) is 48.8 Å². The lowest BCUT2D eigenvalue weighted by atomic mass is 10.1. The molecule has 0 spiro atoms. The third kappa shape index (κ3) is 2.18. The summed E-state index contributed by atoms with van der Waals surface area (Å²) in [5.74, 6) is 0.122. The van der Waals surface area contributed by atoms with Gasteiger partial charge in [-0.15, -0.1) is 0 Å².